The Balaban J connectivity index is 4.60. The van der Waals surface area contributed by atoms with Crippen molar-refractivity contribution in [3.63, 3.8) is 0 Å². The summed E-state index contributed by atoms with van der Waals surface area (Å²) in [6, 6.07) is 0. The zero-order valence-corrected chi connectivity index (χ0v) is 11.8. The summed E-state index contributed by atoms with van der Waals surface area (Å²) >= 11 is 5.78. The van der Waals surface area contributed by atoms with Gasteiger partial charge in [-0.15, -0.1) is 11.6 Å². The molecular formula is C12H22ClNO3. The Hall–Kier alpha value is -0.770. The van der Waals surface area contributed by atoms with Gasteiger partial charge in [-0.25, -0.2) is 0 Å². The van der Waals surface area contributed by atoms with Crippen LogP contribution in [0.3, 0.4) is 0 Å². The topological polar surface area (TPSA) is 46.6 Å². The van der Waals surface area contributed by atoms with Crippen molar-refractivity contribution >= 4 is 23.5 Å². The van der Waals surface area contributed by atoms with Crippen LogP contribution in [0.15, 0.2) is 0 Å². The van der Waals surface area contributed by atoms with E-state index in [4.69, 9.17) is 11.6 Å². The number of carbonyl (C=O) groups excluding carboxylic acids is 2. The van der Waals surface area contributed by atoms with Crippen LogP contribution in [-0.4, -0.2) is 42.4 Å². The van der Waals surface area contributed by atoms with Crippen molar-refractivity contribution in [3.8, 4) is 0 Å². The molecule has 100 valence electrons. The largest absolute Gasteiger partial charge is 0.468 e. The number of hydrogen-bond acceptors (Lipinski definition) is 3. The molecule has 0 N–H and O–H groups in total. The summed E-state index contributed by atoms with van der Waals surface area (Å²) in [4.78, 5) is 24.6. The fourth-order valence-corrected chi connectivity index (χ4v) is 1.70. The predicted octanol–water partition coefficient (Wildman–Crippen LogP) is 2.05. The summed E-state index contributed by atoms with van der Waals surface area (Å²) in [6.45, 7) is 6.28. The van der Waals surface area contributed by atoms with Crippen LogP contribution >= 0.6 is 11.6 Å². The van der Waals surface area contributed by atoms with Gasteiger partial charge in [-0.1, -0.05) is 26.7 Å². The first-order valence-electron chi connectivity index (χ1n) is 5.95. The molecule has 0 heterocycles. The highest BCUT2D eigenvalue weighted by atomic mass is 35.5. The third-order valence-corrected chi connectivity index (χ3v) is 3.02. The van der Waals surface area contributed by atoms with Gasteiger partial charge in [-0.2, -0.15) is 0 Å². The molecule has 0 saturated heterocycles. The molecular weight excluding hydrogens is 242 g/mol. The number of halogens is 1. The maximum Gasteiger partial charge on any atom is 0.325 e. The second-order valence-corrected chi connectivity index (χ2v) is 4.75. The first-order valence-corrected chi connectivity index (χ1v) is 6.39. The van der Waals surface area contributed by atoms with E-state index < -0.39 is 11.3 Å². The van der Waals surface area contributed by atoms with E-state index >= 15 is 0 Å². The van der Waals surface area contributed by atoms with E-state index in [0.717, 1.165) is 12.8 Å². The van der Waals surface area contributed by atoms with Crippen LogP contribution in [0.25, 0.3) is 0 Å². The quantitative estimate of drug-likeness (QED) is 0.522. The fourth-order valence-electron chi connectivity index (χ4n) is 1.56. The molecule has 17 heavy (non-hydrogen) atoms. The Morgan fingerprint density at radius 3 is 2.18 bits per heavy atom. The van der Waals surface area contributed by atoms with E-state index in [1.807, 2.05) is 0 Å². The number of hydrogen-bond donors (Lipinski definition) is 0. The van der Waals surface area contributed by atoms with Crippen molar-refractivity contribution in [2.45, 2.75) is 39.0 Å². The fraction of sp³-hybridized carbons (Fsp3) is 0.833. The van der Waals surface area contributed by atoms with Crippen molar-refractivity contribution in [3.05, 3.63) is 0 Å². The molecule has 0 aliphatic rings. The summed E-state index contributed by atoms with van der Waals surface area (Å²) in [5, 5.41) is -0.617. The van der Waals surface area contributed by atoms with Crippen molar-refractivity contribution < 1.29 is 14.3 Å². The average molecular weight is 264 g/mol. The maximum absolute atomic E-state index is 11.8. The Morgan fingerprint density at radius 1 is 1.29 bits per heavy atom. The second kappa shape index (κ2) is 8.34. The number of alkyl halides is 1. The minimum atomic E-state index is -0.617. The van der Waals surface area contributed by atoms with E-state index in [1.165, 1.54) is 12.0 Å². The molecule has 0 aromatic carbocycles. The number of carbonyl (C=O) groups is 2. The molecule has 0 radical (unpaired) electrons. The summed E-state index contributed by atoms with van der Waals surface area (Å²) < 4.78 is 4.58. The molecule has 1 atom stereocenters. The third-order valence-electron chi connectivity index (χ3n) is 2.83. The predicted molar refractivity (Wildman–Crippen MR) is 68.0 cm³/mol. The van der Waals surface area contributed by atoms with E-state index in [2.05, 4.69) is 18.6 Å². The molecule has 4 nitrogen and oxygen atoms in total. The molecule has 0 spiro atoms. The highest BCUT2D eigenvalue weighted by molar-refractivity contribution is 6.30. The molecule has 1 amide bonds. The first kappa shape index (κ1) is 16.2. The zero-order valence-electron chi connectivity index (χ0n) is 11.0. The maximum atomic E-state index is 11.8. The number of methoxy groups -OCH3 is 1. The summed E-state index contributed by atoms with van der Waals surface area (Å²) in [5.41, 5.74) is 0. The van der Waals surface area contributed by atoms with Crippen LogP contribution in [-0.2, 0) is 14.3 Å². The lowest BCUT2D eigenvalue weighted by Gasteiger charge is -2.26. The highest BCUT2D eigenvalue weighted by Gasteiger charge is 2.23. The number of ether oxygens (including phenoxy) is 1. The summed E-state index contributed by atoms with van der Waals surface area (Å²) in [5.74, 6) is -0.246. The van der Waals surface area contributed by atoms with Crippen molar-refractivity contribution in [1.82, 2.24) is 4.90 Å². The Bertz CT molecular complexity index is 252. The van der Waals surface area contributed by atoms with Crippen LogP contribution < -0.4 is 0 Å². The number of nitrogens with zero attached hydrogens (tertiary/aromatic N) is 1. The summed E-state index contributed by atoms with van der Waals surface area (Å²) in [6.07, 6.45) is 1.94. The van der Waals surface area contributed by atoms with Gasteiger partial charge in [0.05, 0.1) is 7.11 Å². The van der Waals surface area contributed by atoms with Crippen molar-refractivity contribution in [2.24, 2.45) is 5.92 Å². The van der Waals surface area contributed by atoms with E-state index in [0.29, 0.717) is 12.5 Å². The van der Waals surface area contributed by atoms with Gasteiger partial charge < -0.3 is 9.64 Å². The molecule has 1 unspecified atom stereocenters. The molecule has 0 aliphatic heterocycles. The number of rotatable bonds is 7. The SMILES string of the molecule is CCC(CC)CN(CC(=O)OC)C(=O)C(C)Cl. The molecule has 0 aliphatic carbocycles. The Kier molecular flexibility index (Phi) is 7.96. The van der Waals surface area contributed by atoms with E-state index in [9.17, 15) is 9.59 Å². The van der Waals surface area contributed by atoms with Crippen LogP contribution in [0.2, 0.25) is 0 Å². The van der Waals surface area contributed by atoms with Crippen molar-refractivity contribution in [1.29, 1.82) is 0 Å². The normalized spacial score (nSPS) is 12.4. The third kappa shape index (κ3) is 5.91. The second-order valence-electron chi connectivity index (χ2n) is 4.09. The van der Waals surface area contributed by atoms with E-state index in [-0.39, 0.29) is 12.5 Å². The molecule has 0 bridgehead atoms. The lowest BCUT2D eigenvalue weighted by Crippen LogP contribution is -2.42. The smallest absolute Gasteiger partial charge is 0.325 e. The van der Waals surface area contributed by atoms with Crippen LogP contribution in [0.5, 0.6) is 0 Å². The molecule has 0 aromatic heterocycles. The average Bonchev–Trinajstić information content (AvgIpc) is 2.32. The van der Waals surface area contributed by atoms with Gasteiger partial charge in [0, 0.05) is 6.54 Å². The minimum Gasteiger partial charge on any atom is -0.468 e. The van der Waals surface area contributed by atoms with Gasteiger partial charge in [0.2, 0.25) is 5.91 Å². The molecule has 0 aromatic rings. The van der Waals surface area contributed by atoms with E-state index in [1.54, 1.807) is 6.92 Å². The first-order chi connectivity index (χ1) is 7.96. The van der Waals surface area contributed by atoms with Crippen molar-refractivity contribution in [2.75, 3.05) is 20.2 Å². The zero-order chi connectivity index (χ0) is 13.4. The molecule has 0 rings (SSSR count). The lowest BCUT2D eigenvalue weighted by atomic mass is 10.0. The summed E-state index contributed by atoms with van der Waals surface area (Å²) in [7, 11) is 1.31. The molecule has 0 fully saturated rings. The Labute approximate surface area is 108 Å². The Morgan fingerprint density at radius 2 is 1.82 bits per heavy atom. The molecule has 5 heteroatoms. The van der Waals surface area contributed by atoms with Gasteiger partial charge in [-0.05, 0) is 12.8 Å². The van der Waals surface area contributed by atoms with Crippen LogP contribution in [0.4, 0.5) is 0 Å². The van der Waals surface area contributed by atoms with Crippen LogP contribution in [0.1, 0.15) is 33.6 Å². The lowest BCUT2D eigenvalue weighted by molar-refractivity contribution is -0.147. The highest BCUT2D eigenvalue weighted by Crippen LogP contribution is 2.12. The van der Waals surface area contributed by atoms with Gasteiger partial charge in [0.25, 0.3) is 0 Å². The minimum absolute atomic E-state index is 0.0249. The van der Waals surface area contributed by atoms with Gasteiger partial charge in [-0.3, -0.25) is 9.59 Å². The van der Waals surface area contributed by atoms with Crippen LogP contribution in [0, 0.1) is 5.92 Å². The monoisotopic (exact) mass is 263 g/mol. The molecule has 0 saturated carbocycles. The van der Waals surface area contributed by atoms with Gasteiger partial charge in [0.1, 0.15) is 11.9 Å². The van der Waals surface area contributed by atoms with Gasteiger partial charge in [0.15, 0.2) is 0 Å². The number of amides is 1. The van der Waals surface area contributed by atoms with Gasteiger partial charge >= 0.3 is 5.97 Å². The standard InChI is InChI=1S/C12H22ClNO3/c1-5-10(6-2)7-14(8-11(15)17-4)12(16)9(3)13/h9-10H,5-8H2,1-4H3. The number of esters is 1.